The van der Waals surface area contributed by atoms with E-state index in [1.165, 1.54) is 0 Å². The number of nitrogens with zero attached hydrogens (tertiary/aromatic N) is 3. The number of rotatable bonds is 3. The summed E-state index contributed by atoms with van der Waals surface area (Å²) in [5.74, 6) is -1.67. The van der Waals surface area contributed by atoms with Gasteiger partial charge in [-0.1, -0.05) is 26.2 Å². The Morgan fingerprint density at radius 1 is 1.22 bits per heavy atom. The van der Waals surface area contributed by atoms with Gasteiger partial charge in [-0.2, -0.15) is 15.8 Å². The van der Waals surface area contributed by atoms with Gasteiger partial charge in [0.1, 0.15) is 0 Å². The molecule has 3 rings (SSSR count). The van der Waals surface area contributed by atoms with Gasteiger partial charge in [0, 0.05) is 6.42 Å². The molecular weight excluding hydrogens is 292 g/mol. The number of unbranched alkanes of at least 4 members (excludes halogenated alkanes) is 1. The third-order valence-corrected chi connectivity index (χ3v) is 5.75. The van der Waals surface area contributed by atoms with Crippen LogP contribution < -0.4 is 0 Å². The highest BCUT2D eigenvalue weighted by Crippen LogP contribution is 2.66. The number of nitriles is 3. The first kappa shape index (κ1) is 15.8. The minimum absolute atomic E-state index is 0.256. The molecule has 2 saturated heterocycles. The van der Waals surface area contributed by atoms with Crippen LogP contribution in [0.3, 0.4) is 0 Å². The lowest BCUT2D eigenvalue weighted by Crippen LogP contribution is -2.63. The predicted molar refractivity (Wildman–Crippen MR) is 79.6 cm³/mol. The van der Waals surface area contributed by atoms with Crippen LogP contribution in [0.5, 0.6) is 0 Å². The monoisotopic (exact) mass is 312 g/mol. The van der Waals surface area contributed by atoms with Crippen LogP contribution in [0, 0.1) is 56.2 Å². The molecule has 1 N–H and O–H groups in total. The average Bonchev–Trinajstić information content (AvgIpc) is 2.78. The van der Waals surface area contributed by atoms with Gasteiger partial charge in [-0.15, -0.1) is 0 Å². The lowest BCUT2D eigenvalue weighted by molar-refractivity contribution is -0.292. The Bertz CT molecular complexity index is 641. The molecule has 0 aromatic carbocycles. The number of ether oxygens (including phenoxy) is 2. The molecule has 3 fully saturated rings. The highest BCUT2D eigenvalue weighted by Gasteiger charge is 2.79. The van der Waals surface area contributed by atoms with Crippen molar-refractivity contribution < 1.29 is 9.47 Å². The van der Waals surface area contributed by atoms with Gasteiger partial charge >= 0.3 is 0 Å². The molecular formula is C17H20N4O2. The number of hydrogen-bond donors (Lipinski definition) is 1. The number of nitrogens with one attached hydrogen (secondary N) is 1. The molecule has 2 aliphatic heterocycles. The molecule has 2 heterocycles. The van der Waals surface area contributed by atoms with Crippen LogP contribution in [0.1, 0.15) is 51.9 Å². The fourth-order valence-corrected chi connectivity index (χ4v) is 4.62. The van der Waals surface area contributed by atoms with Gasteiger partial charge < -0.3 is 9.47 Å². The normalized spacial score (nSPS) is 40.2. The van der Waals surface area contributed by atoms with E-state index in [0.29, 0.717) is 19.3 Å². The maximum absolute atomic E-state index is 9.99. The zero-order chi connectivity index (χ0) is 16.7. The van der Waals surface area contributed by atoms with E-state index in [9.17, 15) is 15.8 Å². The lowest BCUT2D eigenvalue weighted by Gasteiger charge is -2.51. The van der Waals surface area contributed by atoms with Crippen LogP contribution in [0.15, 0.2) is 0 Å². The van der Waals surface area contributed by atoms with E-state index >= 15 is 0 Å². The molecule has 0 aromatic rings. The summed E-state index contributed by atoms with van der Waals surface area (Å²) in [6.45, 7) is 2.03. The highest BCUT2D eigenvalue weighted by molar-refractivity contribution is 5.89. The summed E-state index contributed by atoms with van der Waals surface area (Å²) in [5, 5.41) is 38.1. The standard InChI is InChI=1S/C17H20N4O2/c1-2-3-7-13-15(9-18,10-19)16(11-20)12-6-4-5-8-17(12,22-13)23-14(16)21/h12-13,21H,2-8H2,1H3/t12-,13-,16-,17+/m0/s1. The first-order chi connectivity index (χ1) is 11.1. The van der Waals surface area contributed by atoms with E-state index in [0.717, 1.165) is 25.7 Å². The first-order valence-corrected chi connectivity index (χ1v) is 8.26. The Morgan fingerprint density at radius 3 is 2.57 bits per heavy atom. The average molecular weight is 312 g/mol. The van der Waals surface area contributed by atoms with Gasteiger partial charge in [0.15, 0.2) is 10.8 Å². The zero-order valence-electron chi connectivity index (χ0n) is 13.3. The SMILES string of the molecule is CCCC[C@@H]1O[C@@]23CCCC[C@H]2[C@@](C#N)(C(=N)O3)C1(C#N)C#N. The molecule has 0 radical (unpaired) electrons. The van der Waals surface area contributed by atoms with Gasteiger partial charge in [-0.05, 0) is 19.3 Å². The van der Waals surface area contributed by atoms with Crippen molar-refractivity contribution in [2.24, 2.45) is 16.7 Å². The maximum Gasteiger partial charge on any atom is 0.217 e. The van der Waals surface area contributed by atoms with Crippen LogP contribution >= 0.6 is 0 Å². The summed E-state index contributed by atoms with van der Waals surface area (Å²) in [4.78, 5) is 0. The molecule has 23 heavy (non-hydrogen) atoms. The summed E-state index contributed by atoms with van der Waals surface area (Å²) in [7, 11) is 0. The molecule has 6 heteroatoms. The summed E-state index contributed by atoms with van der Waals surface area (Å²) in [6.07, 6.45) is 4.56. The topological polar surface area (TPSA) is 114 Å². The van der Waals surface area contributed by atoms with Crippen LogP contribution in [-0.4, -0.2) is 17.8 Å². The zero-order valence-corrected chi connectivity index (χ0v) is 13.3. The van der Waals surface area contributed by atoms with Crippen LogP contribution in [0.25, 0.3) is 0 Å². The fraction of sp³-hybridized carbons (Fsp3) is 0.765. The third kappa shape index (κ3) is 1.66. The van der Waals surface area contributed by atoms with Gasteiger partial charge in [0.2, 0.25) is 11.7 Å². The Hall–Kier alpha value is -2.10. The van der Waals surface area contributed by atoms with E-state index in [1.807, 2.05) is 6.92 Å². The second-order valence-electron chi connectivity index (χ2n) is 6.74. The highest BCUT2D eigenvalue weighted by atomic mass is 16.7. The fourth-order valence-electron chi connectivity index (χ4n) is 4.62. The Labute approximate surface area is 136 Å². The van der Waals surface area contributed by atoms with Crippen molar-refractivity contribution in [3.8, 4) is 18.2 Å². The molecule has 0 unspecified atom stereocenters. The van der Waals surface area contributed by atoms with Crippen molar-refractivity contribution in [3.63, 3.8) is 0 Å². The molecule has 4 atom stereocenters. The van der Waals surface area contributed by atoms with Gasteiger partial charge in [-0.3, -0.25) is 5.41 Å². The largest absolute Gasteiger partial charge is 0.447 e. The molecule has 3 aliphatic rings. The van der Waals surface area contributed by atoms with Gasteiger partial charge in [0.05, 0.1) is 30.2 Å². The van der Waals surface area contributed by atoms with Gasteiger partial charge in [-0.25, -0.2) is 0 Å². The molecule has 6 nitrogen and oxygen atoms in total. The lowest BCUT2D eigenvalue weighted by atomic mass is 9.51. The second-order valence-corrected chi connectivity index (χ2v) is 6.74. The summed E-state index contributed by atoms with van der Waals surface area (Å²) < 4.78 is 12.0. The van der Waals surface area contributed by atoms with E-state index in [4.69, 9.17) is 14.9 Å². The van der Waals surface area contributed by atoms with Crippen LogP contribution in [-0.2, 0) is 9.47 Å². The van der Waals surface area contributed by atoms with Crippen molar-refractivity contribution >= 4 is 5.90 Å². The Kier molecular flexibility index (Phi) is 3.58. The van der Waals surface area contributed by atoms with Crippen molar-refractivity contribution in [3.05, 3.63) is 0 Å². The van der Waals surface area contributed by atoms with Gasteiger partial charge in [0.25, 0.3) is 0 Å². The molecule has 0 spiro atoms. The minimum Gasteiger partial charge on any atom is -0.447 e. The molecule has 2 bridgehead atoms. The minimum atomic E-state index is -1.68. The summed E-state index contributed by atoms with van der Waals surface area (Å²) in [5.41, 5.74) is -3.20. The molecule has 1 aliphatic carbocycles. The predicted octanol–water partition coefficient (Wildman–Crippen LogP) is 3.01. The summed E-state index contributed by atoms with van der Waals surface area (Å²) >= 11 is 0. The molecule has 0 amide bonds. The second kappa shape index (κ2) is 5.22. The summed E-state index contributed by atoms with van der Waals surface area (Å²) in [6, 6.07) is 6.33. The molecule has 1 saturated carbocycles. The Balaban J connectivity index is 2.20. The number of hydrogen-bond acceptors (Lipinski definition) is 6. The van der Waals surface area contributed by atoms with E-state index in [1.54, 1.807) is 0 Å². The van der Waals surface area contributed by atoms with Crippen LogP contribution in [0.2, 0.25) is 0 Å². The smallest absolute Gasteiger partial charge is 0.217 e. The van der Waals surface area contributed by atoms with Crippen LogP contribution in [0.4, 0.5) is 0 Å². The first-order valence-electron chi connectivity index (χ1n) is 8.26. The third-order valence-electron chi connectivity index (χ3n) is 5.75. The Morgan fingerprint density at radius 2 is 1.96 bits per heavy atom. The molecule has 0 aromatic heterocycles. The van der Waals surface area contributed by atoms with Crippen molar-refractivity contribution in [2.45, 2.75) is 63.8 Å². The molecule has 120 valence electrons. The van der Waals surface area contributed by atoms with Crippen molar-refractivity contribution in [1.82, 2.24) is 0 Å². The quantitative estimate of drug-likeness (QED) is 0.860. The van der Waals surface area contributed by atoms with Crippen molar-refractivity contribution in [2.75, 3.05) is 0 Å². The van der Waals surface area contributed by atoms with E-state index in [-0.39, 0.29) is 5.90 Å². The maximum atomic E-state index is 9.99. The van der Waals surface area contributed by atoms with Crippen molar-refractivity contribution in [1.29, 1.82) is 21.2 Å². The van der Waals surface area contributed by atoms with E-state index in [2.05, 4.69) is 18.2 Å². The van der Waals surface area contributed by atoms with E-state index < -0.39 is 28.6 Å².